The molecule has 1 aliphatic heterocycles. The van der Waals surface area contributed by atoms with Gasteiger partial charge in [0.25, 0.3) is 0 Å². The zero-order valence-corrected chi connectivity index (χ0v) is 21.8. The maximum Gasteiger partial charge on any atom is 0.573 e. The summed E-state index contributed by atoms with van der Waals surface area (Å²) in [5.41, 5.74) is 4.39. The maximum absolute atomic E-state index is 14.1. The minimum absolute atomic E-state index is 0.137. The molecule has 7 nitrogen and oxygen atoms in total. The average Bonchev–Trinajstić information content (AvgIpc) is 3.48. The van der Waals surface area contributed by atoms with E-state index in [0.29, 0.717) is 13.1 Å². The molecule has 0 radical (unpaired) electrons. The van der Waals surface area contributed by atoms with E-state index in [9.17, 15) is 18.9 Å². The number of aromatic nitrogens is 3. The monoisotopic (exact) mass is 533 g/mol. The van der Waals surface area contributed by atoms with Crippen LogP contribution in [-0.2, 0) is 25.0 Å². The molecule has 3 aromatic rings. The van der Waals surface area contributed by atoms with E-state index in [1.807, 2.05) is 36.8 Å². The summed E-state index contributed by atoms with van der Waals surface area (Å²) in [6.07, 6.45) is 1.26. The number of fused-ring (bicyclic) bond motifs is 2. The Labute approximate surface area is 220 Å². The van der Waals surface area contributed by atoms with Gasteiger partial charge >= 0.3 is 6.36 Å². The van der Waals surface area contributed by atoms with Crippen LogP contribution < -0.4 is 10.1 Å². The minimum atomic E-state index is -5.02. The number of imidazole rings is 1. The number of nitrogens with one attached hydrogen (secondary N) is 1. The van der Waals surface area contributed by atoms with Gasteiger partial charge in [0.2, 0.25) is 5.95 Å². The second-order valence-corrected chi connectivity index (χ2v) is 10.4. The average molecular weight is 534 g/mol. The second-order valence-electron chi connectivity index (χ2n) is 10.4. The van der Waals surface area contributed by atoms with Gasteiger partial charge in [0.05, 0.1) is 18.4 Å². The Bertz CT molecular complexity index is 1360. The first-order valence-corrected chi connectivity index (χ1v) is 12.5. The Kier molecular flexibility index (Phi) is 6.51. The molecule has 1 N–H and O–H groups in total. The molecule has 1 aliphatic carbocycles. The lowest BCUT2D eigenvalue weighted by molar-refractivity contribution is -0.275. The number of anilines is 1. The molecule has 1 unspecified atom stereocenters. The van der Waals surface area contributed by atoms with Crippen LogP contribution >= 0.6 is 0 Å². The number of hydrogen-bond donors (Lipinski definition) is 1. The summed E-state index contributed by atoms with van der Waals surface area (Å²) in [6.45, 7) is 2.86. The summed E-state index contributed by atoms with van der Waals surface area (Å²) in [5.74, 6) is -1.38. The van der Waals surface area contributed by atoms with E-state index < -0.39 is 30.5 Å². The number of halogens is 4. The summed E-state index contributed by atoms with van der Waals surface area (Å²) < 4.78 is 67.8. The predicted octanol–water partition coefficient (Wildman–Crippen LogP) is 5.08. The normalized spacial score (nSPS) is 19.8. The first-order valence-electron chi connectivity index (χ1n) is 13.1. The van der Waals surface area contributed by atoms with Crippen LogP contribution in [0, 0.1) is 5.82 Å². The number of alkyl halides is 3. The molecule has 1 fully saturated rings. The van der Waals surface area contributed by atoms with Crippen LogP contribution in [0.4, 0.5) is 23.5 Å². The van der Waals surface area contributed by atoms with Crippen LogP contribution in [-0.4, -0.2) is 58.4 Å². The van der Waals surface area contributed by atoms with E-state index in [0.717, 1.165) is 48.7 Å². The van der Waals surface area contributed by atoms with Gasteiger partial charge < -0.3 is 19.5 Å². The number of rotatable bonds is 8. The van der Waals surface area contributed by atoms with Crippen molar-refractivity contribution < 1.29 is 23.7 Å². The highest BCUT2D eigenvalue weighted by Gasteiger charge is 2.51. The van der Waals surface area contributed by atoms with Gasteiger partial charge in [0, 0.05) is 57.9 Å². The van der Waals surface area contributed by atoms with Crippen molar-refractivity contribution in [3.05, 3.63) is 70.6 Å². The lowest BCUT2D eigenvalue weighted by Crippen LogP contribution is -2.40. The minimum Gasteiger partial charge on any atom is -0.403 e. The molecule has 2 atom stereocenters. The van der Waals surface area contributed by atoms with E-state index in [2.05, 4.69) is 37.1 Å². The highest BCUT2D eigenvalue weighted by Crippen LogP contribution is 2.55. The quantitative estimate of drug-likeness (QED) is 0.408. The third-order valence-corrected chi connectivity index (χ3v) is 7.26. The number of nitrogens with zero attached hydrogens (tertiary/aromatic N) is 5. The molecular weight excluding hydrogens is 500 g/mol. The van der Waals surface area contributed by atoms with Crippen LogP contribution in [0.5, 0.6) is 5.75 Å². The van der Waals surface area contributed by atoms with Crippen molar-refractivity contribution in [1.82, 2.24) is 24.3 Å². The Balaban J connectivity index is 1.53. The molecule has 1 spiro atoms. The van der Waals surface area contributed by atoms with Crippen molar-refractivity contribution in [3.63, 3.8) is 0 Å². The first-order chi connectivity index (χ1) is 18.4. The Morgan fingerprint density at radius 2 is 2.00 bits per heavy atom. The van der Waals surface area contributed by atoms with Gasteiger partial charge in [-0.1, -0.05) is 12.1 Å². The van der Waals surface area contributed by atoms with E-state index in [1.54, 1.807) is 13.1 Å². The zero-order chi connectivity index (χ0) is 28.1. The number of pyridine rings is 1. The molecule has 2 aliphatic rings. The molecule has 5 rings (SSSR count). The molecule has 3 heterocycles. The third-order valence-electron chi connectivity index (χ3n) is 7.26. The van der Waals surface area contributed by atoms with E-state index in [1.165, 1.54) is 11.1 Å². The molecule has 38 heavy (non-hydrogen) atoms. The highest BCUT2D eigenvalue weighted by molar-refractivity contribution is 5.50. The van der Waals surface area contributed by atoms with Gasteiger partial charge in [-0.15, -0.1) is 13.2 Å². The van der Waals surface area contributed by atoms with E-state index in [4.69, 9.17) is 0 Å². The van der Waals surface area contributed by atoms with Gasteiger partial charge in [-0.25, -0.2) is 9.37 Å². The van der Waals surface area contributed by atoms with Crippen LogP contribution in [0.3, 0.4) is 0 Å². The van der Waals surface area contributed by atoms with Gasteiger partial charge in [-0.05, 0) is 56.1 Å². The molecule has 0 saturated heterocycles. The molecule has 2 aromatic heterocycles. The van der Waals surface area contributed by atoms with Crippen molar-refractivity contribution >= 4 is 5.95 Å². The highest BCUT2D eigenvalue weighted by atomic mass is 19.4. The topological polar surface area (TPSA) is 58.5 Å². The Hall–Kier alpha value is -3.18. The maximum atomic E-state index is 14.1. The van der Waals surface area contributed by atoms with Crippen molar-refractivity contribution in [3.8, 4) is 5.75 Å². The summed E-state index contributed by atoms with van der Waals surface area (Å²) in [7, 11) is 5.85. The van der Waals surface area contributed by atoms with Crippen molar-refractivity contribution in [1.29, 1.82) is 0 Å². The molecule has 0 bridgehead atoms. The SMILES string of the molecule is [2H][C@H]1c2cc(Cn3ccnc3NC)cc(CN(C)C)c2C2(CC2)CN1C(C)c1cc(OC(F)(F)F)c(F)cn1. The van der Waals surface area contributed by atoms with Crippen molar-refractivity contribution in [2.24, 2.45) is 0 Å². The Morgan fingerprint density at radius 3 is 2.66 bits per heavy atom. The van der Waals surface area contributed by atoms with Gasteiger partial charge in [-0.2, -0.15) is 0 Å². The second kappa shape index (κ2) is 9.85. The lowest BCUT2D eigenvalue weighted by atomic mass is 9.81. The van der Waals surface area contributed by atoms with Crippen molar-refractivity contribution in [2.45, 2.75) is 57.2 Å². The fourth-order valence-electron chi connectivity index (χ4n) is 5.46. The number of ether oxygens (including phenoxy) is 1. The molecular formula is C27H32F4N6O. The van der Waals surface area contributed by atoms with Crippen LogP contribution in [0.25, 0.3) is 0 Å². The van der Waals surface area contributed by atoms with Crippen molar-refractivity contribution in [2.75, 3.05) is 33.0 Å². The zero-order valence-electron chi connectivity index (χ0n) is 22.8. The molecule has 11 heteroatoms. The standard InChI is InChI=1S/C27H32F4N6O/c1-17(22-11-23(21(28)12-34-22)38-27(29,30)31)37-15-20-10-18(13-36-8-7-33-25(36)32-2)9-19(14-35(3)4)24(20)26(16-37)5-6-26/h7-12,17H,5-6,13-16H2,1-4H3,(H,32,33)/i15D/t15-,17?/m0/s1. The number of hydrogen-bond acceptors (Lipinski definition) is 6. The van der Waals surface area contributed by atoms with E-state index >= 15 is 0 Å². The first kappa shape index (κ1) is 25.1. The van der Waals surface area contributed by atoms with E-state index in [-0.39, 0.29) is 11.1 Å². The molecule has 0 amide bonds. The largest absolute Gasteiger partial charge is 0.573 e. The van der Waals surface area contributed by atoms with Gasteiger partial charge in [-0.3, -0.25) is 9.88 Å². The van der Waals surface area contributed by atoms with Crippen LogP contribution in [0.2, 0.25) is 0 Å². The fraction of sp³-hybridized carbons (Fsp3) is 0.481. The van der Waals surface area contributed by atoms with Gasteiger partial charge in [0.1, 0.15) is 0 Å². The summed E-state index contributed by atoms with van der Waals surface area (Å²) >= 11 is 0. The molecule has 1 aromatic carbocycles. The van der Waals surface area contributed by atoms with Crippen LogP contribution in [0.1, 0.15) is 55.1 Å². The molecule has 1 saturated carbocycles. The summed E-state index contributed by atoms with van der Waals surface area (Å²) in [4.78, 5) is 12.5. The van der Waals surface area contributed by atoms with Gasteiger partial charge in [0.15, 0.2) is 11.6 Å². The molecule has 204 valence electrons. The lowest BCUT2D eigenvalue weighted by Gasteiger charge is -2.40. The van der Waals surface area contributed by atoms with Crippen LogP contribution in [0.15, 0.2) is 36.8 Å². The Morgan fingerprint density at radius 1 is 1.24 bits per heavy atom. The summed E-state index contributed by atoms with van der Waals surface area (Å²) in [6, 6.07) is 4.73. The predicted molar refractivity (Wildman–Crippen MR) is 135 cm³/mol. The smallest absolute Gasteiger partial charge is 0.403 e. The summed E-state index contributed by atoms with van der Waals surface area (Å²) in [5, 5.41) is 3.08. The fourth-order valence-corrected chi connectivity index (χ4v) is 5.46. The number of benzene rings is 1. The third kappa shape index (κ3) is 5.35.